The number of carbonyl (C=O) groups is 1. The van der Waals surface area contributed by atoms with E-state index in [9.17, 15) is 4.79 Å². The number of rotatable bonds is 1. The molecule has 4 aliphatic rings. The Kier molecular flexibility index (Phi) is 3.60. The second-order valence-corrected chi connectivity index (χ2v) is 9.67. The molecule has 0 N–H and O–H groups in total. The van der Waals surface area contributed by atoms with E-state index in [0.717, 1.165) is 30.1 Å². The predicted molar refractivity (Wildman–Crippen MR) is 95.0 cm³/mol. The number of ketones is 1. The summed E-state index contributed by atoms with van der Waals surface area (Å²) in [7, 11) is 0. The van der Waals surface area contributed by atoms with Crippen LogP contribution in [0, 0.1) is 40.4 Å². The maximum atomic E-state index is 12.1. The van der Waals surface area contributed by atoms with Crippen LogP contribution < -0.4 is 0 Å². The standard InChI is InChI=1S/C22H34O/c1-5-15-7-9-19-18-8-6-16-13-17(23)12-14(2)22(16,4)20(18)10-11-21(15,19)3/h13-15,18-20H,5-12H2,1-4H3/t14?,15-,18-,19-,20-,21+,22-/m0/s1. The van der Waals surface area contributed by atoms with Crippen LogP contribution in [0.2, 0.25) is 0 Å². The smallest absolute Gasteiger partial charge is 0.155 e. The zero-order valence-electron chi connectivity index (χ0n) is 15.5. The molecule has 4 aliphatic carbocycles. The lowest BCUT2D eigenvalue weighted by atomic mass is 9.45. The average Bonchev–Trinajstić information content (AvgIpc) is 2.85. The first-order valence-electron chi connectivity index (χ1n) is 10.1. The highest BCUT2D eigenvalue weighted by atomic mass is 16.1. The fourth-order valence-electron chi connectivity index (χ4n) is 7.72. The highest BCUT2D eigenvalue weighted by Crippen LogP contribution is 2.67. The molecule has 0 aromatic carbocycles. The molecular formula is C22H34O. The van der Waals surface area contributed by atoms with Crippen molar-refractivity contribution in [3.8, 4) is 0 Å². The lowest BCUT2D eigenvalue weighted by Gasteiger charge is -2.60. The summed E-state index contributed by atoms with van der Waals surface area (Å²) in [5.74, 6) is 4.59. The molecule has 0 spiro atoms. The van der Waals surface area contributed by atoms with Crippen LogP contribution in [0.3, 0.4) is 0 Å². The van der Waals surface area contributed by atoms with Crippen LogP contribution in [0.1, 0.15) is 79.1 Å². The Morgan fingerprint density at radius 2 is 1.91 bits per heavy atom. The van der Waals surface area contributed by atoms with E-state index in [0.29, 0.717) is 22.5 Å². The van der Waals surface area contributed by atoms with Crippen LogP contribution in [-0.4, -0.2) is 5.78 Å². The van der Waals surface area contributed by atoms with Gasteiger partial charge in [-0.05, 0) is 85.0 Å². The van der Waals surface area contributed by atoms with E-state index >= 15 is 0 Å². The number of hydrogen-bond acceptors (Lipinski definition) is 1. The van der Waals surface area contributed by atoms with Gasteiger partial charge in [0, 0.05) is 6.42 Å². The molecular weight excluding hydrogens is 280 g/mol. The van der Waals surface area contributed by atoms with Gasteiger partial charge >= 0.3 is 0 Å². The molecule has 128 valence electrons. The second-order valence-electron chi connectivity index (χ2n) is 9.67. The van der Waals surface area contributed by atoms with Gasteiger partial charge < -0.3 is 0 Å². The van der Waals surface area contributed by atoms with Gasteiger partial charge in [-0.3, -0.25) is 4.79 Å². The highest BCUT2D eigenvalue weighted by molar-refractivity contribution is 5.92. The minimum atomic E-state index is 0.308. The Labute approximate surface area is 142 Å². The Morgan fingerprint density at radius 1 is 1.13 bits per heavy atom. The molecule has 7 atom stereocenters. The number of hydrogen-bond donors (Lipinski definition) is 0. The van der Waals surface area contributed by atoms with Gasteiger partial charge in [0.15, 0.2) is 5.78 Å². The molecule has 1 unspecified atom stereocenters. The molecule has 0 aliphatic heterocycles. The van der Waals surface area contributed by atoms with Crippen molar-refractivity contribution in [3.63, 3.8) is 0 Å². The van der Waals surface area contributed by atoms with E-state index in [1.165, 1.54) is 50.5 Å². The van der Waals surface area contributed by atoms with Crippen molar-refractivity contribution in [2.24, 2.45) is 40.4 Å². The van der Waals surface area contributed by atoms with Crippen molar-refractivity contribution in [1.82, 2.24) is 0 Å². The molecule has 3 fully saturated rings. The van der Waals surface area contributed by atoms with Crippen molar-refractivity contribution in [3.05, 3.63) is 11.6 Å². The summed E-state index contributed by atoms with van der Waals surface area (Å²) >= 11 is 0. The first kappa shape index (κ1) is 15.9. The van der Waals surface area contributed by atoms with Crippen LogP contribution >= 0.6 is 0 Å². The maximum Gasteiger partial charge on any atom is 0.155 e. The van der Waals surface area contributed by atoms with Gasteiger partial charge in [-0.25, -0.2) is 0 Å². The molecule has 3 saturated carbocycles. The molecule has 0 amide bonds. The van der Waals surface area contributed by atoms with Gasteiger partial charge in [-0.15, -0.1) is 0 Å². The van der Waals surface area contributed by atoms with Gasteiger partial charge in [0.05, 0.1) is 0 Å². The summed E-state index contributed by atoms with van der Waals surface area (Å²) in [5, 5.41) is 0. The molecule has 0 radical (unpaired) electrons. The molecule has 0 bridgehead atoms. The quantitative estimate of drug-likeness (QED) is 0.598. The summed E-state index contributed by atoms with van der Waals surface area (Å²) in [6.07, 6.45) is 12.5. The zero-order chi connectivity index (χ0) is 16.4. The fraction of sp³-hybridized carbons (Fsp3) is 0.864. The molecule has 0 aromatic heterocycles. The minimum absolute atomic E-state index is 0.308. The van der Waals surface area contributed by atoms with Gasteiger partial charge in [-0.2, -0.15) is 0 Å². The van der Waals surface area contributed by atoms with Crippen LogP contribution in [0.25, 0.3) is 0 Å². The largest absolute Gasteiger partial charge is 0.295 e. The van der Waals surface area contributed by atoms with Crippen molar-refractivity contribution < 1.29 is 4.79 Å². The Balaban J connectivity index is 1.70. The third kappa shape index (κ3) is 2.01. The van der Waals surface area contributed by atoms with Gasteiger partial charge in [-0.1, -0.05) is 39.7 Å². The van der Waals surface area contributed by atoms with Crippen LogP contribution in [0.5, 0.6) is 0 Å². The van der Waals surface area contributed by atoms with Crippen molar-refractivity contribution in [2.45, 2.75) is 79.1 Å². The molecule has 0 aromatic rings. The molecule has 1 heteroatoms. The van der Waals surface area contributed by atoms with Gasteiger partial charge in [0.1, 0.15) is 0 Å². The Hall–Kier alpha value is -0.590. The van der Waals surface area contributed by atoms with Crippen molar-refractivity contribution >= 4 is 5.78 Å². The van der Waals surface area contributed by atoms with E-state index in [1.54, 1.807) is 0 Å². The highest BCUT2D eigenvalue weighted by Gasteiger charge is 2.59. The predicted octanol–water partition coefficient (Wildman–Crippen LogP) is 5.79. The minimum Gasteiger partial charge on any atom is -0.295 e. The van der Waals surface area contributed by atoms with Crippen LogP contribution in [-0.2, 0) is 4.79 Å². The SMILES string of the molecule is CC[C@H]1CC[C@H]2[C@@H]3CCC4=CC(=O)CC(C)[C@]4(C)[C@H]3CC[C@]12C. The number of allylic oxidation sites excluding steroid dienone is 1. The normalized spacial score (nSPS) is 52.4. The maximum absolute atomic E-state index is 12.1. The number of fused-ring (bicyclic) bond motifs is 5. The van der Waals surface area contributed by atoms with Gasteiger partial charge in [0.2, 0.25) is 0 Å². The summed E-state index contributed by atoms with van der Waals surface area (Å²) in [6, 6.07) is 0. The summed E-state index contributed by atoms with van der Waals surface area (Å²) < 4.78 is 0. The van der Waals surface area contributed by atoms with Crippen LogP contribution in [0.4, 0.5) is 0 Å². The molecule has 1 nitrogen and oxygen atoms in total. The molecule has 0 heterocycles. The van der Waals surface area contributed by atoms with Crippen LogP contribution in [0.15, 0.2) is 11.6 Å². The Morgan fingerprint density at radius 3 is 2.65 bits per heavy atom. The zero-order valence-corrected chi connectivity index (χ0v) is 15.5. The summed E-state index contributed by atoms with van der Waals surface area (Å²) in [5.41, 5.74) is 2.43. The summed E-state index contributed by atoms with van der Waals surface area (Å²) in [4.78, 5) is 12.1. The topological polar surface area (TPSA) is 17.1 Å². The monoisotopic (exact) mass is 314 g/mol. The number of carbonyl (C=O) groups excluding carboxylic acids is 1. The molecule has 0 saturated heterocycles. The lowest BCUT2D eigenvalue weighted by molar-refractivity contribution is -0.120. The molecule has 4 rings (SSSR count). The average molecular weight is 315 g/mol. The first-order chi connectivity index (χ1) is 10.9. The first-order valence-corrected chi connectivity index (χ1v) is 10.1. The van der Waals surface area contributed by atoms with E-state index in [2.05, 4.69) is 27.7 Å². The second kappa shape index (κ2) is 5.20. The van der Waals surface area contributed by atoms with E-state index in [4.69, 9.17) is 0 Å². The lowest BCUT2D eigenvalue weighted by Crippen LogP contribution is -2.52. The van der Waals surface area contributed by atoms with E-state index in [1.807, 2.05) is 6.08 Å². The fourth-order valence-corrected chi connectivity index (χ4v) is 7.72. The molecule has 23 heavy (non-hydrogen) atoms. The van der Waals surface area contributed by atoms with Gasteiger partial charge in [0.25, 0.3) is 0 Å². The summed E-state index contributed by atoms with van der Waals surface area (Å²) in [6.45, 7) is 9.89. The van der Waals surface area contributed by atoms with Crippen molar-refractivity contribution in [2.75, 3.05) is 0 Å². The Bertz CT molecular complexity index is 546. The van der Waals surface area contributed by atoms with E-state index in [-0.39, 0.29) is 0 Å². The third-order valence-corrected chi connectivity index (χ3v) is 9.20. The third-order valence-electron chi connectivity index (χ3n) is 9.20. The van der Waals surface area contributed by atoms with E-state index < -0.39 is 0 Å². The van der Waals surface area contributed by atoms with Crippen molar-refractivity contribution in [1.29, 1.82) is 0 Å².